The van der Waals surface area contributed by atoms with Crippen molar-refractivity contribution < 1.29 is 9.31 Å². The Kier molecular flexibility index (Phi) is 2.32. The number of rotatable bonds is 0. The molecule has 3 saturated heterocycles. The average molecular weight is 194 g/mol. The lowest BCUT2D eigenvalue weighted by Crippen LogP contribution is -2.29. The molecule has 0 aromatic rings. The van der Waals surface area contributed by atoms with Crippen molar-refractivity contribution in [3.8, 4) is 0 Å². The summed E-state index contributed by atoms with van der Waals surface area (Å²) in [6, 6.07) is 0. The minimum atomic E-state index is 0.501. The third kappa shape index (κ3) is 1.50. The van der Waals surface area contributed by atoms with Crippen molar-refractivity contribution in [3.63, 3.8) is 0 Å². The summed E-state index contributed by atoms with van der Waals surface area (Å²) in [6.45, 7) is 2.58. The number of hydrogen-bond donors (Lipinski definition) is 0. The Hall–Kier alpha value is -0.370. The smallest absolute Gasteiger partial charge is 0.181 e. The van der Waals surface area contributed by atoms with Gasteiger partial charge in [-0.3, -0.25) is 0 Å². The normalized spacial score (nSPS) is 37.7. The largest absolute Gasteiger partial charge is 0.364 e. The maximum absolute atomic E-state index is 6.07. The van der Waals surface area contributed by atoms with E-state index in [0.29, 0.717) is 12.2 Å². The van der Waals surface area contributed by atoms with Gasteiger partial charge in [0.1, 0.15) is 19.2 Å². The van der Waals surface area contributed by atoms with Gasteiger partial charge in [-0.25, -0.2) is 4.58 Å². The molecule has 2 nitrogen and oxygen atoms in total. The minimum absolute atomic E-state index is 0.501. The van der Waals surface area contributed by atoms with E-state index in [1.807, 2.05) is 0 Å². The van der Waals surface area contributed by atoms with Crippen LogP contribution in [0.1, 0.15) is 44.9 Å². The first kappa shape index (κ1) is 8.90. The van der Waals surface area contributed by atoms with Gasteiger partial charge in [0.25, 0.3) is 0 Å². The van der Waals surface area contributed by atoms with Crippen LogP contribution < -0.4 is 0 Å². The van der Waals surface area contributed by atoms with Gasteiger partial charge in [-0.05, 0) is 25.7 Å². The Bertz CT molecular complexity index is 251. The molecule has 78 valence electrons. The molecule has 3 fully saturated rings. The van der Waals surface area contributed by atoms with Crippen LogP contribution in [0.5, 0.6) is 0 Å². The van der Waals surface area contributed by atoms with Crippen LogP contribution in [0, 0.1) is 0 Å². The molecule has 3 aliphatic heterocycles. The van der Waals surface area contributed by atoms with Gasteiger partial charge in [0.05, 0.1) is 6.10 Å². The highest BCUT2D eigenvalue weighted by Gasteiger charge is 2.37. The van der Waals surface area contributed by atoms with E-state index in [2.05, 4.69) is 4.58 Å². The van der Waals surface area contributed by atoms with E-state index < -0.39 is 0 Å². The summed E-state index contributed by atoms with van der Waals surface area (Å²) in [4.78, 5) is 0. The van der Waals surface area contributed by atoms with E-state index in [1.165, 1.54) is 58.0 Å². The Morgan fingerprint density at radius 1 is 1.00 bits per heavy atom. The molecular formula is C12H20NO+. The van der Waals surface area contributed by atoms with Crippen LogP contribution in [0.2, 0.25) is 0 Å². The molecule has 0 aliphatic carbocycles. The van der Waals surface area contributed by atoms with E-state index in [1.54, 1.807) is 5.71 Å². The Morgan fingerprint density at radius 2 is 1.86 bits per heavy atom. The predicted molar refractivity (Wildman–Crippen MR) is 56.0 cm³/mol. The molecule has 0 saturated carbocycles. The lowest BCUT2D eigenvalue weighted by atomic mass is 9.99. The summed E-state index contributed by atoms with van der Waals surface area (Å²) in [6.07, 6.45) is 10.4. The first-order valence-electron chi connectivity index (χ1n) is 6.19. The van der Waals surface area contributed by atoms with Crippen molar-refractivity contribution >= 4 is 5.71 Å². The summed E-state index contributed by atoms with van der Waals surface area (Å²) in [7, 11) is 0. The third-order valence-electron chi connectivity index (χ3n) is 3.95. The van der Waals surface area contributed by atoms with Gasteiger partial charge < -0.3 is 4.74 Å². The Labute approximate surface area is 86.0 Å². The molecule has 3 rings (SSSR count). The van der Waals surface area contributed by atoms with Crippen LogP contribution in [0.3, 0.4) is 0 Å². The highest BCUT2D eigenvalue weighted by Crippen LogP contribution is 2.30. The van der Waals surface area contributed by atoms with E-state index in [-0.39, 0.29) is 0 Å². The minimum Gasteiger partial charge on any atom is -0.364 e. The number of nitrogens with zero attached hydrogens (tertiary/aromatic N) is 1. The topological polar surface area (TPSA) is 12.2 Å². The van der Waals surface area contributed by atoms with Crippen molar-refractivity contribution in [2.24, 2.45) is 0 Å². The van der Waals surface area contributed by atoms with E-state index in [0.717, 1.165) is 0 Å². The molecule has 0 amide bonds. The molecule has 0 unspecified atom stereocenters. The number of ether oxygens (including phenoxy) is 1. The zero-order valence-corrected chi connectivity index (χ0v) is 8.87. The van der Waals surface area contributed by atoms with E-state index >= 15 is 0 Å². The second-order valence-electron chi connectivity index (χ2n) is 4.90. The Balaban J connectivity index is 1.86. The van der Waals surface area contributed by atoms with Crippen molar-refractivity contribution in [1.82, 2.24) is 0 Å². The molecule has 0 aromatic heterocycles. The monoisotopic (exact) mass is 194 g/mol. The lowest BCUT2D eigenvalue weighted by molar-refractivity contribution is -0.510. The predicted octanol–water partition coefficient (Wildman–Crippen LogP) is 1.97. The van der Waals surface area contributed by atoms with Gasteiger partial charge in [-0.15, -0.1) is 0 Å². The second-order valence-corrected chi connectivity index (χ2v) is 4.90. The standard InChI is InChI=1S/C12H20NO/c1-2-9-13(8-1)11-5-3-4-10-6-7-12(11)14-10/h10,12H,1-9H2/q+1/t10-,12+/m1/s1. The SMILES string of the molecule is C1CC(=[N+]2CCCC2)[C@@H]2CC[C@@H](C1)O2. The first-order chi connectivity index (χ1) is 6.93. The fourth-order valence-electron chi connectivity index (χ4n) is 3.20. The summed E-state index contributed by atoms with van der Waals surface area (Å²) in [5.74, 6) is 0. The maximum atomic E-state index is 6.07. The summed E-state index contributed by atoms with van der Waals surface area (Å²) >= 11 is 0. The van der Waals surface area contributed by atoms with Gasteiger partial charge in [0, 0.05) is 19.3 Å². The highest BCUT2D eigenvalue weighted by molar-refractivity contribution is 5.84. The van der Waals surface area contributed by atoms with Crippen LogP contribution in [0.25, 0.3) is 0 Å². The zero-order chi connectivity index (χ0) is 9.38. The van der Waals surface area contributed by atoms with Gasteiger partial charge in [0.15, 0.2) is 5.71 Å². The average Bonchev–Trinajstić information content (AvgIpc) is 2.76. The lowest BCUT2D eigenvalue weighted by Gasteiger charge is -2.09. The second kappa shape index (κ2) is 3.65. The van der Waals surface area contributed by atoms with Gasteiger partial charge >= 0.3 is 0 Å². The van der Waals surface area contributed by atoms with Crippen molar-refractivity contribution in [1.29, 1.82) is 0 Å². The molecule has 0 spiro atoms. The highest BCUT2D eigenvalue weighted by atomic mass is 16.5. The molecule has 2 bridgehead atoms. The van der Waals surface area contributed by atoms with E-state index in [9.17, 15) is 0 Å². The molecule has 14 heavy (non-hydrogen) atoms. The molecule has 3 aliphatic rings. The van der Waals surface area contributed by atoms with Crippen molar-refractivity contribution in [3.05, 3.63) is 0 Å². The zero-order valence-electron chi connectivity index (χ0n) is 8.87. The molecule has 0 aromatic carbocycles. The first-order valence-corrected chi connectivity index (χ1v) is 6.19. The fourth-order valence-corrected chi connectivity index (χ4v) is 3.20. The molecule has 3 heterocycles. The molecule has 2 heteroatoms. The van der Waals surface area contributed by atoms with Crippen LogP contribution in [-0.2, 0) is 4.74 Å². The van der Waals surface area contributed by atoms with Crippen LogP contribution >= 0.6 is 0 Å². The summed E-state index contributed by atoms with van der Waals surface area (Å²) in [5, 5.41) is 0. The molecule has 2 atom stereocenters. The third-order valence-corrected chi connectivity index (χ3v) is 3.95. The molecular weight excluding hydrogens is 174 g/mol. The number of fused-ring (bicyclic) bond motifs is 2. The Morgan fingerprint density at radius 3 is 2.71 bits per heavy atom. The number of hydrogen-bond acceptors (Lipinski definition) is 1. The van der Waals surface area contributed by atoms with Gasteiger partial charge in [-0.1, -0.05) is 0 Å². The van der Waals surface area contributed by atoms with Crippen LogP contribution in [-0.4, -0.2) is 35.6 Å². The van der Waals surface area contributed by atoms with Crippen LogP contribution in [0.15, 0.2) is 0 Å². The fraction of sp³-hybridized carbons (Fsp3) is 0.917. The van der Waals surface area contributed by atoms with Gasteiger partial charge in [0.2, 0.25) is 0 Å². The van der Waals surface area contributed by atoms with Crippen molar-refractivity contribution in [2.75, 3.05) is 13.1 Å². The molecule has 0 radical (unpaired) electrons. The maximum Gasteiger partial charge on any atom is 0.181 e. The molecule has 0 N–H and O–H groups in total. The van der Waals surface area contributed by atoms with E-state index in [4.69, 9.17) is 4.74 Å². The van der Waals surface area contributed by atoms with Crippen molar-refractivity contribution in [2.45, 2.75) is 57.2 Å². The summed E-state index contributed by atoms with van der Waals surface area (Å²) in [5.41, 5.74) is 1.64. The van der Waals surface area contributed by atoms with Crippen LogP contribution in [0.4, 0.5) is 0 Å². The quantitative estimate of drug-likeness (QED) is 0.537. The summed E-state index contributed by atoms with van der Waals surface area (Å²) < 4.78 is 8.68. The van der Waals surface area contributed by atoms with Gasteiger partial charge in [-0.2, -0.15) is 0 Å².